The number of hydrogen-bond donors (Lipinski definition) is 0. The maximum atomic E-state index is 13.0. The zero-order valence-corrected chi connectivity index (χ0v) is 15.8. The Morgan fingerprint density at radius 1 is 1.27 bits per heavy atom. The lowest BCUT2D eigenvalue weighted by Gasteiger charge is -2.30. The summed E-state index contributed by atoms with van der Waals surface area (Å²) in [6, 6.07) is 7.91. The summed E-state index contributed by atoms with van der Waals surface area (Å²) >= 11 is 6.93. The predicted octanol–water partition coefficient (Wildman–Crippen LogP) is 4.73. The lowest BCUT2D eigenvalue weighted by Crippen LogP contribution is -2.41. The molecule has 5 rings (SSSR count). The summed E-state index contributed by atoms with van der Waals surface area (Å²) in [7, 11) is 0. The number of thiocarbonyl (C=S) groups is 1. The van der Waals surface area contributed by atoms with Gasteiger partial charge in [-0.3, -0.25) is 14.7 Å². The summed E-state index contributed by atoms with van der Waals surface area (Å²) in [6.07, 6.45) is 10.2. The number of pyridine rings is 1. The van der Waals surface area contributed by atoms with Crippen molar-refractivity contribution in [2.75, 3.05) is 0 Å². The van der Waals surface area contributed by atoms with Crippen LogP contribution in [0.3, 0.4) is 0 Å². The van der Waals surface area contributed by atoms with Gasteiger partial charge in [-0.25, -0.2) is 0 Å². The van der Waals surface area contributed by atoms with Crippen molar-refractivity contribution in [2.24, 2.45) is 11.8 Å². The van der Waals surface area contributed by atoms with Crippen molar-refractivity contribution in [3.63, 3.8) is 0 Å². The number of nitrogens with zero attached hydrogens (tertiary/aromatic N) is 2. The Labute approximate surface area is 161 Å². The zero-order valence-electron chi connectivity index (χ0n) is 14.1. The van der Waals surface area contributed by atoms with Gasteiger partial charge in [0.05, 0.1) is 4.91 Å². The molecule has 2 bridgehead atoms. The van der Waals surface area contributed by atoms with Crippen LogP contribution in [-0.2, 0) is 4.79 Å². The molecule has 1 aliphatic heterocycles. The van der Waals surface area contributed by atoms with Crippen LogP contribution in [0.15, 0.2) is 46.0 Å². The molecular weight excluding hydrogens is 364 g/mol. The first-order valence-electron chi connectivity index (χ1n) is 8.96. The normalized spacial score (nSPS) is 29.3. The molecule has 2 aromatic heterocycles. The number of hydrogen-bond acceptors (Lipinski definition) is 5. The maximum absolute atomic E-state index is 13.0. The Hall–Kier alpha value is -1.92. The fourth-order valence-corrected chi connectivity index (χ4v) is 5.87. The number of rotatable bonds is 3. The van der Waals surface area contributed by atoms with Gasteiger partial charge in [0, 0.05) is 30.1 Å². The molecule has 2 saturated carbocycles. The second-order valence-corrected chi connectivity index (χ2v) is 8.91. The van der Waals surface area contributed by atoms with Crippen LogP contribution in [0.5, 0.6) is 0 Å². The van der Waals surface area contributed by atoms with Crippen LogP contribution < -0.4 is 0 Å². The smallest absolute Gasteiger partial charge is 0.266 e. The van der Waals surface area contributed by atoms with Crippen molar-refractivity contribution in [1.82, 2.24) is 9.88 Å². The van der Waals surface area contributed by atoms with Crippen LogP contribution in [0, 0.1) is 11.8 Å². The molecule has 6 heteroatoms. The quantitative estimate of drug-likeness (QED) is 0.567. The molecule has 132 valence electrons. The van der Waals surface area contributed by atoms with Crippen molar-refractivity contribution in [1.29, 1.82) is 0 Å². The molecule has 3 unspecified atom stereocenters. The van der Waals surface area contributed by atoms with E-state index in [0.29, 0.717) is 26.9 Å². The van der Waals surface area contributed by atoms with E-state index in [9.17, 15) is 4.79 Å². The molecule has 3 aliphatic rings. The molecule has 3 heterocycles. The fraction of sp³-hybridized carbons (Fsp3) is 0.350. The maximum Gasteiger partial charge on any atom is 0.266 e. The third-order valence-electron chi connectivity index (χ3n) is 5.70. The highest BCUT2D eigenvalue weighted by Gasteiger charge is 2.47. The number of aromatic nitrogens is 1. The third-order valence-corrected chi connectivity index (χ3v) is 7.03. The van der Waals surface area contributed by atoms with Crippen LogP contribution in [-0.4, -0.2) is 26.2 Å². The summed E-state index contributed by atoms with van der Waals surface area (Å²) in [5, 5.41) is 0. The highest BCUT2D eigenvalue weighted by atomic mass is 32.2. The second-order valence-electron chi connectivity index (χ2n) is 7.24. The Balaban J connectivity index is 1.38. The average molecular weight is 383 g/mol. The second kappa shape index (κ2) is 6.35. The number of furan rings is 1. The first-order valence-corrected chi connectivity index (χ1v) is 10.2. The van der Waals surface area contributed by atoms with Gasteiger partial charge in [-0.15, -0.1) is 0 Å². The third kappa shape index (κ3) is 2.72. The van der Waals surface area contributed by atoms with Gasteiger partial charge in [0.2, 0.25) is 0 Å². The molecule has 4 nitrogen and oxygen atoms in total. The van der Waals surface area contributed by atoms with Crippen LogP contribution in [0.2, 0.25) is 0 Å². The standard InChI is InChI=1S/C20H18N2O2S2/c23-19-18(10-15-5-6-17(24-15)14-2-1-7-21-11-14)26-20(25)22(19)16-9-12-3-4-13(16)8-12/h1-2,5-7,10-13,16H,3-4,8-9H2/b18-10-. The number of fused-ring (bicyclic) bond motifs is 2. The summed E-state index contributed by atoms with van der Waals surface area (Å²) < 4.78 is 6.57. The zero-order chi connectivity index (χ0) is 17.7. The van der Waals surface area contributed by atoms with Gasteiger partial charge in [-0.1, -0.05) is 30.4 Å². The molecule has 0 aromatic carbocycles. The molecule has 0 radical (unpaired) electrons. The first-order chi connectivity index (χ1) is 12.7. The minimum atomic E-state index is 0.0388. The van der Waals surface area contributed by atoms with Crippen molar-refractivity contribution in [3.05, 3.63) is 47.3 Å². The Kier molecular flexibility index (Phi) is 3.98. The molecule has 2 aromatic rings. The average Bonchev–Trinajstić information content (AvgIpc) is 3.42. The van der Waals surface area contributed by atoms with Gasteiger partial charge in [0.1, 0.15) is 15.8 Å². The predicted molar refractivity (Wildman–Crippen MR) is 106 cm³/mol. The Morgan fingerprint density at radius 2 is 2.19 bits per heavy atom. The molecule has 0 spiro atoms. The van der Waals surface area contributed by atoms with Crippen molar-refractivity contribution in [3.8, 4) is 11.3 Å². The topological polar surface area (TPSA) is 46.3 Å². The molecule has 1 saturated heterocycles. The van der Waals surface area contributed by atoms with Crippen molar-refractivity contribution in [2.45, 2.75) is 31.7 Å². The van der Waals surface area contributed by atoms with Gasteiger partial charge in [0.25, 0.3) is 5.91 Å². The van der Waals surface area contributed by atoms with Gasteiger partial charge < -0.3 is 4.42 Å². The molecule has 2 aliphatic carbocycles. The summed E-state index contributed by atoms with van der Waals surface area (Å²) in [5.74, 6) is 2.86. The monoisotopic (exact) mass is 382 g/mol. The number of carbonyl (C=O) groups is 1. The van der Waals surface area contributed by atoms with E-state index in [0.717, 1.165) is 23.7 Å². The highest BCUT2D eigenvalue weighted by Crippen LogP contribution is 2.49. The van der Waals surface area contributed by atoms with E-state index in [4.69, 9.17) is 16.6 Å². The van der Waals surface area contributed by atoms with Crippen LogP contribution in [0.25, 0.3) is 17.4 Å². The van der Waals surface area contributed by atoms with E-state index in [2.05, 4.69) is 4.98 Å². The summed E-state index contributed by atoms with van der Waals surface area (Å²) in [5.41, 5.74) is 0.918. The van der Waals surface area contributed by atoms with E-state index in [-0.39, 0.29) is 5.91 Å². The molecular formula is C20H18N2O2S2. The van der Waals surface area contributed by atoms with Crippen molar-refractivity contribution < 1.29 is 9.21 Å². The molecule has 3 atom stereocenters. The van der Waals surface area contributed by atoms with Crippen LogP contribution >= 0.6 is 24.0 Å². The van der Waals surface area contributed by atoms with Crippen LogP contribution in [0.1, 0.15) is 31.4 Å². The van der Waals surface area contributed by atoms with E-state index in [1.54, 1.807) is 12.4 Å². The number of carbonyl (C=O) groups excluding carboxylic acids is 1. The first kappa shape index (κ1) is 16.3. The SMILES string of the molecule is O=C1/C(=C/c2ccc(-c3cccnc3)o2)SC(=S)N1C1CC2CCC1C2. The van der Waals surface area contributed by atoms with Crippen molar-refractivity contribution >= 4 is 40.3 Å². The largest absolute Gasteiger partial charge is 0.457 e. The van der Waals surface area contributed by atoms with E-state index >= 15 is 0 Å². The van der Waals surface area contributed by atoms with E-state index in [1.807, 2.05) is 35.2 Å². The van der Waals surface area contributed by atoms with Gasteiger partial charge in [-0.05, 0) is 55.4 Å². The summed E-state index contributed by atoms with van der Waals surface area (Å²) in [4.78, 5) is 19.6. The minimum Gasteiger partial charge on any atom is -0.457 e. The summed E-state index contributed by atoms with van der Waals surface area (Å²) in [6.45, 7) is 0. The molecule has 0 N–H and O–H groups in total. The van der Waals surface area contributed by atoms with E-state index < -0.39 is 0 Å². The fourth-order valence-electron chi connectivity index (χ4n) is 4.52. The Morgan fingerprint density at radius 3 is 2.92 bits per heavy atom. The van der Waals surface area contributed by atoms with Gasteiger partial charge in [0.15, 0.2) is 0 Å². The number of thioether (sulfide) groups is 1. The van der Waals surface area contributed by atoms with Gasteiger partial charge >= 0.3 is 0 Å². The number of amides is 1. The molecule has 1 amide bonds. The molecule has 3 fully saturated rings. The molecule has 26 heavy (non-hydrogen) atoms. The van der Waals surface area contributed by atoms with E-state index in [1.165, 1.54) is 31.0 Å². The lowest BCUT2D eigenvalue weighted by atomic mass is 9.94. The van der Waals surface area contributed by atoms with Gasteiger partial charge in [-0.2, -0.15) is 0 Å². The Bertz CT molecular complexity index is 906. The minimum absolute atomic E-state index is 0.0388. The lowest BCUT2D eigenvalue weighted by molar-refractivity contribution is -0.124. The van der Waals surface area contributed by atoms with Crippen LogP contribution in [0.4, 0.5) is 0 Å². The highest BCUT2D eigenvalue weighted by molar-refractivity contribution is 8.26.